The molecule has 0 aliphatic rings. The van der Waals surface area contributed by atoms with E-state index in [1.54, 1.807) is 26.8 Å². The minimum Gasteiger partial charge on any atom is -0.352 e. The van der Waals surface area contributed by atoms with Gasteiger partial charge in [-0.05, 0) is 50.6 Å². The fourth-order valence-corrected chi connectivity index (χ4v) is 3.97. The standard InChI is InChI=1S/C24H24Cl2F2N6O4/c1-12(2)31-19(35)11-38-33-24(37)15-8-14(25)7-13(3)20(15)32-23(36)16-9-30-34(10-18(27)28)22(16)21-17(26)5-4-6-29-21/h4-9,12,18H,10-11H2,1-3H3,(H,31,35)(H,32,36)(H,33,37). The molecule has 0 aliphatic heterocycles. The van der Waals surface area contributed by atoms with E-state index in [4.69, 9.17) is 28.0 Å². The number of pyridine rings is 1. The summed E-state index contributed by atoms with van der Waals surface area (Å²) in [6, 6.07) is 5.75. The summed E-state index contributed by atoms with van der Waals surface area (Å²) < 4.78 is 27.4. The molecule has 0 bridgehead atoms. The molecule has 2 aromatic heterocycles. The van der Waals surface area contributed by atoms with E-state index in [0.29, 0.717) is 5.56 Å². The predicted molar refractivity (Wildman–Crippen MR) is 137 cm³/mol. The van der Waals surface area contributed by atoms with Crippen LogP contribution >= 0.6 is 23.2 Å². The molecule has 0 radical (unpaired) electrons. The molecule has 3 aromatic rings. The minimum atomic E-state index is -2.76. The summed E-state index contributed by atoms with van der Waals surface area (Å²) in [7, 11) is 0. The summed E-state index contributed by atoms with van der Waals surface area (Å²) in [4.78, 5) is 47.1. The first kappa shape index (κ1) is 29.0. The minimum absolute atomic E-state index is 0.0227. The maximum absolute atomic E-state index is 13.4. The number of carbonyl (C=O) groups is 3. The number of aromatic nitrogens is 3. The molecule has 202 valence electrons. The number of nitrogens with one attached hydrogen (secondary N) is 3. The lowest BCUT2D eigenvalue weighted by molar-refractivity contribution is -0.127. The Bertz CT molecular complexity index is 1350. The van der Waals surface area contributed by atoms with E-state index >= 15 is 0 Å². The second kappa shape index (κ2) is 12.8. The Kier molecular flexibility index (Phi) is 9.72. The van der Waals surface area contributed by atoms with Gasteiger partial charge in [0.05, 0.1) is 28.0 Å². The normalized spacial score (nSPS) is 11.1. The van der Waals surface area contributed by atoms with Crippen LogP contribution in [-0.2, 0) is 16.2 Å². The van der Waals surface area contributed by atoms with Gasteiger partial charge in [0.2, 0.25) is 5.91 Å². The Hall–Kier alpha value is -3.61. The van der Waals surface area contributed by atoms with Crippen molar-refractivity contribution in [3.63, 3.8) is 0 Å². The van der Waals surface area contributed by atoms with Crippen LogP contribution in [0.4, 0.5) is 14.5 Å². The van der Waals surface area contributed by atoms with Crippen LogP contribution in [0, 0.1) is 6.92 Å². The molecule has 10 nitrogen and oxygen atoms in total. The van der Waals surface area contributed by atoms with Crippen LogP contribution < -0.4 is 16.1 Å². The third-order valence-corrected chi connectivity index (χ3v) is 5.50. The van der Waals surface area contributed by atoms with Gasteiger partial charge in [0.1, 0.15) is 17.9 Å². The lowest BCUT2D eigenvalue weighted by Gasteiger charge is -2.16. The number of hydroxylamine groups is 1. The molecule has 14 heteroatoms. The third kappa shape index (κ3) is 7.24. The fraction of sp³-hybridized carbons (Fsp3) is 0.292. The van der Waals surface area contributed by atoms with E-state index in [1.165, 1.54) is 24.4 Å². The van der Waals surface area contributed by atoms with Crippen LogP contribution in [0.25, 0.3) is 11.4 Å². The Morgan fingerprint density at radius 3 is 2.53 bits per heavy atom. The van der Waals surface area contributed by atoms with Gasteiger partial charge >= 0.3 is 0 Å². The molecule has 0 unspecified atom stereocenters. The number of rotatable bonds is 10. The zero-order valence-corrected chi connectivity index (χ0v) is 22.0. The number of aryl methyl sites for hydroxylation is 1. The number of hydrogen-bond donors (Lipinski definition) is 3. The first-order valence-corrected chi connectivity index (χ1v) is 12.0. The molecule has 3 amide bonds. The topological polar surface area (TPSA) is 127 Å². The Morgan fingerprint density at radius 2 is 1.87 bits per heavy atom. The van der Waals surface area contributed by atoms with Gasteiger partial charge in [-0.3, -0.25) is 28.9 Å². The zero-order valence-electron chi connectivity index (χ0n) is 20.5. The second-order valence-corrected chi connectivity index (χ2v) is 9.20. The monoisotopic (exact) mass is 568 g/mol. The smallest absolute Gasteiger partial charge is 0.277 e. The van der Waals surface area contributed by atoms with Crippen molar-refractivity contribution in [3.05, 3.63) is 63.4 Å². The van der Waals surface area contributed by atoms with Gasteiger partial charge in [0, 0.05) is 17.3 Å². The number of amides is 3. The van der Waals surface area contributed by atoms with Crippen LogP contribution in [0.15, 0.2) is 36.7 Å². The van der Waals surface area contributed by atoms with Crippen molar-refractivity contribution in [2.75, 3.05) is 11.9 Å². The molecule has 3 rings (SSSR count). The summed E-state index contributed by atoms with van der Waals surface area (Å²) in [5.74, 6) is -2.00. The second-order valence-electron chi connectivity index (χ2n) is 8.36. The Labute approximate surface area is 226 Å². The van der Waals surface area contributed by atoms with Crippen molar-refractivity contribution in [2.45, 2.75) is 39.8 Å². The van der Waals surface area contributed by atoms with Crippen molar-refractivity contribution in [3.8, 4) is 11.4 Å². The number of carbonyl (C=O) groups excluding carboxylic acids is 3. The number of hydrogen-bond acceptors (Lipinski definition) is 6. The maximum Gasteiger partial charge on any atom is 0.277 e. The molecular weight excluding hydrogens is 545 g/mol. The van der Waals surface area contributed by atoms with Gasteiger partial charge in [-0.15, -0.1) is 0 Å². The average Bonchev–Trinajstić information content (AvgIpc) is 3.22. The molecule has 0 aliphatic carbocycles. The van der Waals surface area contributed by atoms with Crippen LogP contribution in [-0.4, -0.2) is 51.6 Å². The number of benzene rings is 1. The number of alkyl halides is 2. The predicted octanol–water partition coefficient (Wildman–Crippen LogP) is 4.26. The SMILES string of the molecule is Cc1cc(Cl)cc(C(=O)NOCC(=O)NC(C)C)c1NC(=O)c1cnn(CC(F)F)c1-c1ncccc1Cl. The first-order chi connectivity index (χ1) is 18.0. The molecule has 0 fully saturated rings. The number of nitrogens with zero attached hydrogens (tertiary/aromatic N) is 3. The summed E-state index contributed by atoms with van der Waals surface area (Å²) in [5, 5.41) is 9.48. The Balaban J connectivity index is 1.91. The largest absolute Gasteiger partial charge is 0.352 e. The fourth-order valence-electron chi connectivity index (χ4n) is 3.49. The summed E-state index contributed by atoms with van der Waals surface area (Å²) >= 11 is 12.4. The lowest BCUT2D eigenvalue weighted by atomic mass is 10.1. The van der Waals surface area contributed by atoms with Gasteiger partial charge in [-0.25, -0.2) is 14.3 Å². The molecule has 2 heterocycles. The summed E-state index contributed by atoms with van der Waals surface area (Å²) in [6.45, 7) is 3.90. The molecule has 0 saturated heterocycles. The van der Waals surface area contributed by atoms with Crippen molar-refractivity contribution in [1.29, 1.82) is 0 Å². The van der Waals surface area contributed by atoms with Crippen molar-refractivity contribution < 1.29 is 28.0 Å². The van der Waals surface area contributed by atoms with Crippen LogP contribution in [0.2, 0.25) is 10.0 Å². The highest BCUT2D eigenvalue weighted by Gasteiger charge is 2.25. The molecule has 0 atom stereocenters. The quantitative estimate of drug-likeness (QED) is 0.313. The molecule has 0 saturated carbocycles. The maximum atomic E-state index is 13.4. The summed E-state index contributed by atoms with van der Waals surface area (Å²) in [6.07, 6.45) is -0.251. The van der Waals surface area contributed by atoms with Crippen LogP contribution in [0.1, 0.15) is 40.1 Å². The van der Waals surface area contributed by atoms with E-state index in [1.807, 2.05) is 0 Å². The number of halogens is 4. The molecule has 1 aromatic carbocycles. The van der Waals surface area contributed by atoms with Crippen molar-refractivity contribution >= 4 is 46.6 Å². The Morgan fingerprint density at radius 1 is 1.13 bits per heavy atom. The highest BCUT2D eigenvalue weighted by molar-refractivity contribution is 6.33. The van der Waals surface area contributed by atoms with Crippen molar-refractivity contribution in [1.82, 2.24) is 25.6 Å². The van der Waals surface area contributed by atoms with Gasteiger partial charge in [-0.1, -0.05) is 23.2 Å². The van der Waals surface area contributed by atoms with Gasteiger partial charge in [-0.2, -0.15) is 5.10 Å². The molecule has 38 heavy (non-hydrogen) atoms. The van der Waals surface area contributed by atoms with Gasteiger partial charge in [0.25, 0.3) is 18.2 Å². The van der Waals surface area contributed by atoms with Gasteiger partial charge in [0.15, 0.2) is 6.61 Å². The molecular formula is C24H24Cl2F2N6O4. The highest BCUT2D eigenvalue weighted by atomic mass is 35.5. The highest BCUT2D eigenvalue weighted by Crippen LogP contribution is 2.31. The van der Waals surface area contributed by atoms with Crippen LogP contribution in [0.3, 0.4) is 0 Å². The van der Waals surface area contributed by atoms with Crippen LogP contribution in [0.5, 0.6) is 0 Å². The van der Waals surface area contributed by atoms with E-state index in [2.05, 4.69) is 26.2 Å². The zero-order chi connectivity index (χ0) is 28.0. The summed E-state index contributed by atoms with van der Waals surface area (Å²) in [5.41, 5.74) is 2.53. The van der Waals surface area contributed by atoms with E-state index in [0.717, 1.165) is 10.9 Å². The van der Waals surface area contributed by atoms with E-state index in [-0.39, 0.29) is 44.3 Å². The van der Waals surface area contributed by atoms with Crippen molar-refractivity contribution in [2.24, 2.45) is 0 Å². The first-order valence-electron chi connectivity index (χ1n) is 11.3. The number of anilines is 1. The molecule has 3 N–H and O–H groups in total. The third-order valence-electron chi connectivity index (χ3n) is 4.98. The van der Waals surface area contributed by atoms with E-state index < -0.39 is 37.3 Å². The average molecular weight is 569 g/mol. The lowest BCUT2D eigenvalue weighted by Crippen LogP contribution is -2.36. The van der Waals surface area contributed by atoms with Gasteiger partial charge < -0.3 is 10.6 Å². The molecule has 0 spiro atoms. The van der Waals surface area contributed by atoms with E-state index in [9.17, 15) is 23.2 Å².